The molecule has 108 valence electrons. The average molecular weight is 327 g/mol. The van der Waals surface area contributed by atoms with Crippen molar-refractivity contribution in [3.63, 3.8) is 0 Å². The van der Waals surface area contributed by atoms with Crippen LogP contribution in [-0.4, -0.2) is 8.42 Å². The summed E-state index contributed by atoms with van der Waals surface area (Å²) in [5.74, 6) is 0. The first-order chi connectivity index (χ1) is 8.26. The molecule has 1 aromatic carbocycles. The van der Waals surface area contributed by atoms with Crippen LogP contribution in [0.1, 0.15) is 16.7 Å². The Morgan fingerprint density at radius 2 is 1.47 bits per heavy atom. The van der Waals surface area contributed by atoms with Gasteiger partial charge in [-0.15, -0.1) is 0 Å². The lowest BCUT2D eigenvalue weighted by molar-refractivity contribution is -0.145. The third kappa shape index (κ3) is 3.33. The molecule has 0 saturated heterocycles. The van der Waals surface area contributed by atoms with Crippen molar-refractivity contribution in [1.29, 1.82) is 0 Å². The third-order valence-corrected chi connectivity index (χ3v) is 3.64. The van der Waals surface area contributed by atoms with Gasteiger partial charge in [-0.05, 0) is 24.6 Å². The maximum absolute atomic E-state index is 12.7. The van der Waals surface area contributed by atoms with Crippen molar-refractivity contribution in [2.24, 2.45) is 0 Å². The maximum Gasteiger partial charge on any atom is 0.417 e. The van der Waals surface area contributed by atoms with Crippen molar-refractivity contribution in [2.75, 3.05) is 0 Å². The minimum Gasteiger partial charge on any atom is -0.207 e. The summed E-state index contributed by atoms with van der Waals surface area (Å²) >= 11 is 0. The van der Waals surface area contributed by atoms with Gasteiger partial charge in [0.15, 0.2) is 0 Å². The molecule has 1 rings (SSSR count). The van der Waals surface area contributed by atoms with Gasteiger partial charge in [0.1, 0.15) is 0 Å². The molecule has 0 aromatic heterocycles. The predicted octanol–water partition coefficient (Wildman–Crippen LogP) is 3.96. The van der Waals surface area contributed by atoms with Gasteiger partial charge in [-0.3, -0.25) is 0 Å². The van der Waals surface area contributed by atoms with Gasteiger partial charge < -0.3 is 0 Å². The molecule has 2 nitrogen and oxygen atoms in total. The van der Waals surface area contributed by atoms with Crippen LogP contribution in [-0.2, 0) is 21.4 Å². The Bertz CT molecular complexity index is 602. The van der Waals surface area contributed by atoms with E-state index in [1.165, 1.54) is 0 Å². The van der Waals surface area contributed by atoms with Crippen molar-refractivity contribution in [1.82, 2.24) is 0 Å². The molecule has 0 saturated carbocycles. The van der Waals surface area contributed by atoms with E-state index in [9.17, 15) is 34.8 Å². The summed E-state index contributed by atoms with van der Waals surface area (Å²) in [6.07, 6.45) is -10.3. The van der Waals surface area contributed by atoms with Gasteiger partial charge in [0.25, 0.3) is 9.05 Å². The molecule has 0 amide bonds. The van der Waals surface area contributed by atoms with Gasteiger partial charge in [0.2, 0.25) is 0 Å². The van der Waals surface area contributed by atoms with E-state index in [2.05, 4.69) is 0 Å². The lowest BCUT2D eigenvalue weighted by Crippen LogP contribution is -2.17. The topological polar surface area (TPSA) is 34.1 Å². The van der Waals surface area contributed by atoms with E-state index in [0.717, 1.165) is 0 Å². The van der Waals surface area contributed by atoms with Crippen molar-refractivity contribution in [2.45, 2.75) is 24.2 Å². The SMILES string of the molecule is Cc1c(C(F)(F)F)ccc(S(=O)(=O)Cl)c1C(F)(F)F. The Hall–Kier alpha value is -0.960. The Balaban J connectivity index is 3.81. The number of benzene rings is 1. The fourth-order valence-electron chi connectivity index (χ4n) is 1.55. The van der Waals surface area contributed by atoms with Gasteiger partial charge >= 0.3 is 12.4 Å². The smallest absolute Gasteiger partial charge is 0.207 e. The highest BCUT2D eigenvalue weighted by molar-refractivity contribution is 8.13. The summed E-state index contributed by atoms with van der Waals surface area (Å²) < 4.78 is 97.6. The van der Waals surface area contributed by atoms with Crippen LogP contribution in [0.4, 0.5) is 26.3 Å². The lowest BCUT2D eigenvalue weighted by Gasteiger charge is -2.18. The summed E-state index contributed by atoms with van der Waals surface area (Å²) in [6.45, 7) is 0.539. The van der Waals surface area contributed by atoms with Crippen LogP contribution in [0.2, 0.25) is 0 Å². The van der Waals surface area contributed by atoms with Crippen molar-refractivity contribution >= 4 is 19.7 Å². The number of hydrogen-bond acceptors (Lipinski definition) is 2. The monoisotopic (exact) mass is 326 g/mol. The second-order valence-corrected chi connectivity index (χ2v) is 6.08. The van der Waals surface area contributed by atoms with Crippen molar-refractivity contribution in [3.8, 4) is 0 Å². The molecule has 10 heteroatoms. The summed E-state index contributed by atoms with van der Waals surface area (Å²) in [7, 11) is -0.0172. The Kier molecular flexibility index (Phi) is 3.85. The highest BCUT2D eigenvalue weighted by Gasteiger charge is 2.43. The second kappa shape index (κ2) is 4.55. The highest BCUT2D eigenvalue weighted by Crippen LogP contribution is 2.42. The summed E-state index contributed by atoms with van der Waals surface area (Å²) in [5, 5.41) is 0. The quantitative estimate of drug-likeness (QED) is 0.578. The molecule has 19 heavy (non-hydrogen) atoms. The first kappa shape index (κ1) is 16.1. The number of rotatable bonds is 1. The molecule has 0 N–H and O–H groups in total. The van der Waals surface area contributed by atoms with Crippen LogP contribution in [0.5, 0.6) is 0 Å². The fourth-order valence-corrected chi connectivity index (χ4v) is 2.68. The van der Waals surface area contributed by atoms with Gasteiger partial charge in [-0.2, -0.15) is 26.3 Å². The first-order valence-electron chi connectivity index (χ1n) is 4.49. The standard InChI is InChI=1S/C9H5ClF6O2S/c1-4-5(8(11,12)13)2-3-6(19(10,17)18)7(4)9(14,15)16/h2-3H,1H3. The van der Waals surface area contributed by atoms with Crippen LogP contribution in [0, 0.1) is 6.92 Å². The van der Waals surface area contributed by atoms with E-state index >= 15 is 0 Å². The molecule has 0 radical (unpaired) electrons. The minimum atomic E-state index is -5.28. The average Bonchev–Trinajstić information content (AvgIpc) is 2.11. The summed E-state index contributed by atoms with van der Waals surface area (Å²) in [5.41, 5.74) is -4.71. The molecule has 0 aliphatic carbocycles. The number of alkyl halides is 6. The summed E-state index contributed by atoms with van der Waals surface area (Å²) in [4.78, 5) is -1.40. The first-order valence-corrected chi connectivity index (χ1v) is 6.80. The highest BCUT2D eigenvalue weighted by atomic mass is 35.7. The van der Waals surface area contributed by atoms with Gasteiger partial charge in [-0.1, -0.05) is 0 Å². The molecule has 1 aromatic rings. The zero-order valence-corrected chi connectivity index (χ0v) is 10.6. The Labute approximate surface area is 108 Å². The predicted molar refractivity (Wildman–Crippen MR) is 54.2 cm³/mol. The van der Waals surface area contributed by atoms with Crippen molar-refractivity contribution in [3.05, 3.63) is 28.8 Å². The van der Waals surface area contributed by atoms with Crippen LogP contribution < -0.4 is 0 Å². The molecular weight excluding hydrogens is 322 g/mol. The molecule has 0 unspecified atom stereocenters. The van der Waals surface area contributed by atoms with Gasteiger partial charge in [0.05, 0.1) is 16.0 Å². The van der Waals surface area contributed by atoms with E-state index in [0.29, 0.717) is 6.92 Å². The molecule has 0 bridgehead atoms. The van der Waals surface area contributed by atoms with E-state index in [-0.39, 0.29) is 12.1 Å². The van der Waals surface area contributed by atoms with E-state index in [4.69, 9.17) is 10.7 Å². The number of halogens is 7. The molecule has 0 spiro atoms. The third-order valence-electron chi connectivity index (χ3n) is 2.28. The van der Waals surface area contributed by atoms with Crippen LogP contribution in [0.25, 0.3) is 0 Å². The normalized spacial score (nSPS) is 13.7. The maximum atomic E-state index is 12.7. The largest absolute Gasteiger partial charge is 0.417 e. The zero-order valence-electron chi connectivity index (χ0n) is 9.03. The molecule has 0 heterocycles. The van der Waals surface area contributed by atoms with E-state index in [1.54, 1.807) is 0 Å². The zero-order chi connectivity index (χ0) is 15.2. The molecular formula is C9H5ClF6O2S. The minimum absolute atomic E-state index is 0.195. The van der Waals surface area contributed by atoms with E-state index in [1.807, 2.05) is 0 Å². The van der Waals surface area contributed by atoms with Crippen molar-refractivity contribution < 1.29 is 34.8 Å². The lowest BCUT2D eigenvalue weighted by atomic mass is 10.0. The molecule has 0 fully saturated rings. The fraction of sp³-hybridized carbons (Fsp3) is 0.333. The van der Waals surface area contributed by atoms with Gasteiger partial charge in [0, 0.05) is 10.7 Å². The van der Waals surface area contributed by atoms with E-state index < -0.39 is 43.0 Å². The van der Waals surface area contributed by atoms with Crippen LogP contribution in [0.15, 0.2) is 17.0 Å². The second-order valence-electron chi connectivity index (χ2n) is 3.54. The Morgan fingerprint density at radius 3 is 1.79 bits per heavy atom. The molecule has 0 aliphatic heterocycles. The van der Waals surface area contributed by atoms with Crippen LogP contribution in [0.3, 0.4) is 0 Å². The summed E-state index contributed by atoms with van der Waals surface area (Å²) in [6, 6.07) is 0.445. The molecule has 0 aliphatic rings. The van der Waals surface area contributed by atoms with Gasteiger partial charge in [-0.25, -0.2) is 8.42 Å². The molecule has 0 atom stereocenters. The Morgan fingerprint density at radius 1 is 1.00 bits per heavy atom. The number of hydrogen-bond donors (Lipinski definition) is 0. The van der Waals surface area contributed by atoms with Crippen LogP contribution >= 0.6 is 10.7 Å².